The predicted molar refractivity (Wildman–Crippen MR) is 106 cm³/mol. The average molecular weight is 370 g/mol. The minimum absolute atomic E-state index is 0.109. The van der Waals surface area contributed by atoms with E-state index in [1.165, 1.54) is 16.0 Å². The largest absolute Gasteiger partial charge is 0.496 e. The summed E-state index contributed by atoms with van der Waals surface area (Å²) in [6.45, 7) is 8.60. The van der Waals surface area contributed by atoms with Crippen LogP contribution in [0.2, 0.25) is 0 Å². The van der Waals surface area contributed by atoms with E-state index in [0.717, 1.165) is 44.0 Å². The van der Waals surface area contributed by atoms with Crippen molar-refractivity contribution >= 4 is 5.91 Å². The van der Waals surface area contributed by atoms with Crippen LogP contribution in [0, 0.1) is 6.92 Å². The maximum Gasteiger partial charge on any atom is 0.275 e. The number of quaternary nitrogens is 2. The molecule has 2 aromatic carbocycles. The highest BCUT2D eigenvalue weighted by Gasteiger charge is 2.24. The zero-order chi connectivity index (χ0) is 19.1. The lowest BCUT2D eigenvalue weighted by Crippen LogP contribution is -3.28. The molecule has 0 atom stereocenters. The first-order valence-electron chi connectivity index (χ1n) is 9.75. The fourth-order valence-corrected chi connectivity index (χ4v) is 3.75. The van der Waals surface area contributed by atoms with E-state index in [1.54, 1.807) is 12.0 Å². The highest BCUT2D eigenvalue weighted by molar-refractivity contribution is 5.76. The smallest absolute Gasteiger partial charge is 0.275 e. The van der Waals surface area contributed by atoms with Crippen molar-refractivity contribution in [1.82, 2.24) is 5.32 Å². The van der Waals surface area contributed by atoms with E-state index in [4.69, 9.17) is 4.74 Å². The average Bonchev–Trinajstić information content (AvgIpc) is 2.68. The van der Waals surface area contributed by atoms with E-state index in [-0.39, 0.29) is 5.91 Å². The molecule has 3 rings (SSSR count). The number of amides is 1. The van der Waals surface area contributed by atoms with Crippen LogP contribution in [-0.2, 0) is 17.9 Å². The number of carbonyl (C=O) groups is 1. The van der Waals surface area contributed by atoms with Gasteiger partial charge in [0.15, 0.2) is 6.54 Å². The fourth-order valence-electron chi connectivity index (χ4n) is 3.75. The lowest BCUT2D eigenvalue weighted by atomic mass is 10.1. The van der Waals surface area contributed by atoms with E-state index in [2.05, 4.69) is 36.5 Å². The number of rotatable bonds is 7. The topological polar surface area (TPSA) is 47.2 Å². The van der Waals surface area contributed by atoms with Crippen LogP contribution in [0.25, 0.3) is 0 Å². The number of carbonyl (C=O) groups excluding carboxylic acids is 1. The van der Waals surface area contributed by atoms with Crippen LogP contribution in [0.15, 0.2) is 48.5 Å². The van der Waals surface area contributed by atoms with Crippen molar-refractivity contribution in [2.75, 3.05) is 39.8 Å². The number of hydrogen-bond acceptors (Lipinski definition) is 2. The Bertz CT molecular complexity index is 755. The van der Waals surface area contributed by atoms with Gasteiger partial charge in [0.2, 0.25) is 0 Å². The van der Waals surface area contributed by atoms with Gasteiger partial charge in [0.25, 0.3) is 5.91 Å². The molecule has 1 saturated heterocycles. The molecule has 0 aliphatic carbocycles. The van der Waals surface area contributed by atoms with Crippen molar-refractivity contribution in [2.45, 2.75) is 20.0 Å². The van der Waals surface area contributed by atoms with E-state index in [0.29, 0.717) is 13.1 Å². The molecule has 1 fully saturated rings. The molecule has 0 spiro atoms. The van der Waals surface area contributed by atoms with Gasteiger partial charge in [0.1, 0.15) is 38.5 Å². The van der Waals surface area contributed by atoms with Gasteiger partial charge in [-0.15, -0.1) is 0 Å². The van der Waals surface area contributed by atoms with E-state index >= 15 is 0 Å². The van der Waals surface area contributed by atoms with Crippen LogP contribution in [0.3, 0.4) is 0 Å². The van der Waals surface area contributed by atoms with Gasteiger partial charge in [-0.3, -0.25) is 4.79 Å². The summed E-state index contributed by atoms with van der Waals surface area (Å²) in [4.78, 5) is 15.3. The molecule has 0 unspecified atom stereocenters. The van der Waals surface area contributed by atoms with Gasteiger partial charge in [-0.05, 0) is 13.0 Å². The first-order valence-corrected chi connectivity index (χ1v) is 9.75. The van der Waals surface area contributed by atoms with Gasteiger partial charge in [0.05, 0.1) is 7.11 Å². The molecule has 5 heteroatoms. The standard InChI is InChI=1S/C22H29N3O2/c1-18-6-5-7-19(14-18)16-24-10-12-25(13-11-24)17-22(26)23-15-20-8-3-4-9-21(20)27-2/h3-9,14H,10-13,15-17H2,1-2H3,(H,23,26)/p+2. The minimum atomic E-state index is 0.109. The van der Waals surface area contributed by atoms with Gasteiger partial charge >= 0.3 is 0 Å². The summed E-state index contributed by atoms with van der Waals surface area (Å²) in [5.41, 5.74) is 3.74. The molecule has 5 nitrogen and oxygen atoms in total. The number of benzene rings is 2. The third-order valence-electron chi connectivity index (χ3n) is 5.28. The van der Waals surface area contributed by atoms with Crippen LogP contribution in [-0.4, -0.2) is 45.7 Å². The number of piperazine rings is 1. The zero-order valence-corrected chi connectivity index (χ0v) is 16.4. The van der Waals surface area contributed by atoms with Crippen molar-refractivity contribution in [2.24, 2.45) is 0 Å². The molecule has 0 saturated carbocycles. The van der Waals surface area contributed by atoms with Gasteiger partial charge in [-0.2, -0.15) is 0 Å². The number of hydrogen-bond donors (Lipinski definition) is 3. The Balaban J connectivity index is 1.40. The second kappa shape index (κ2) is 9.53. The third-order valence-corrected chi connectivity index (χ3v) is 5.28. The summed E-state index contributed by atoms with van der Waals surface area (Å²) in [6, 6.07) is 16.6. The molecular weight excluding hydrogens is 338 g/mol. The highest BCUT2D eigenvalue weighted by atomic mass is 16.5. The quantitative estimate of drug-likeness (QED) is 0.622. The molecule has 1 heterocycles. The maximum atomic E-state index is 12.3. The maximum absolute atomic E-state index is 12.3. The van der Waals surface area contributed by atoms with E-state index < -0.39 is 0 Å². The van der Waals surface area contributed by atoms with Crippen molar-refractivity contribution in [3.05, 3.63) is 65.2 Å². The number of nitrogens with one attached hydrogen (secondary N) is 3. The molecule has 1 amide bonds. The Labute approximate surface area is 161 Å². The van der Waals surface area contributed by atoms with Gasteiger partial charge in [-0.1, -0.05) is 48.0 Å². The van der Waals surface area contributed by atoms with E-state index in [9.17, 15) is 4.79 Å². The number of methoxy groups -OCH3 is 1. The number of para-hydroxylation sites is 1. The summed E-state index contributed by atoms with van der Waals surface area (Å²) in [6.07, 6.45) is 0. The normalized spacial score (nSPS) is 19.5. The molecule has 2 aromatic rings. The highest BCUT2D eigenvalue weighted by Crippen LogP contribution is 2.16. The molecule has 0 aromatic heterocycles. The Morgan fingerprint density at radius 2 is 1.78 bits per heavy atom. The van der Waals surface area contributed by atoms with E-state index in [1.807, 2.05) is 24.3 Å². The van der Waals surface area contributed by atoms with Crippen LogP contribution in [0.4, 0.5) is 0 Å². The molecule has 0 radical (unpaired) electrons. The van der Waals surface area contributed by atoms with Crippen molar-refractivity contribution < 1.29 is 19.3 Å². The zero-order valence-electron chi connectivity index (χ0n) is 16.4. The Kier molecular flexibility index (Phi) is 6.85. The van der Waals surface area contributed by atoms with Crippen LogP contribution < -0.4 is 19.9 Å². The first-order chi connectivity index (χ1) is 13.1. The predicted octanol–water partition coefficient (Wildman–Crippen LogP) is -0.397. The number of aryl methyl sites for hydroxylation is 1. The van der Waals surface area contributed by atoms with Crippen LogP contribution in [0.1, 0.15) is 16.7 Å². The summed E-state index contributed by atoms with van der Waals surface area (Å²) in [7, 11) is 1.66. The van der Waals surface area contributed by atoms with Gasteiger partial charge in [-0.25, -0.2) is 0 Å². The van der Waals surface area contributed by atoms with Gasteiger partial charge in [0, 0.05) is 17.7 Å². The molecule has 1 aliphatic heterocycles. The van der Waals surface area contributed by atoms with Crippen molar-refractivity contribution in [1.29, 1.82) is 0 Å². The summed E-state index contributed by atoms with van der Waals surface area (Å²) < 4.78 is 5.34. The van der Waals surface area contributed by atoms with Gasteiger partial charge < -0.3 is 19.9 Å². The molecule has 144 valence electrons. The Morgan fingerprint density at radius 1 is 1.04 bits per heavy atom. The lowest BCUT2D eigenvalue weighted by Gasteiger charge is -2.29. The molecular formula is C22H31N3O2+2. The molecule has 3 N–H and O–H groups in total. The molecule has 27 heavy (non-hydrogen) atoms. The van der Waals surface area contributed by atoms with Crippen molar-refractivity contribution in [3.63, 3.8) is 0 Å². The summed E-state index contributed by atoms with van der Waals surface area (Å²) >= 11 is 0. The lowest BCUT2D eigenvalue weighted by molar-refractivity contribution is -1.02. The monoisotopic (exact) mass is 369 g/mol. The first kappa shape index (κ1) is 19.4. The van der Waals surface area contributed by atoms with Crippen LogP contribution in [0.5, 0.6) is 5.75 Å². The molecule has 0 bridgehead atoms. The third kappa shape index (κ3) is 5.81. The Morgan fingerprint density at radius 3 is 2.52 bits per heavy atom. The SMILES string of the molecule is COc1ccccc1CNC(=O)C[NH+]1CC[NH+](Cc2cccc(C)c2)CC1. The van der Waals surface area contributed by atoms with Crippen molar-refractivity contribution in [3.8, 4) is 5.75 Å². The Hall–Kier alpha value is -2.37. The second-order valence-corrected chi connectivity index (χ2v) is 7.43. The fraction of sp³-hybridized carbons (Fsp3) is 0.409. The summed E-state index contributed by atoms with van der Waals surface area (Å²) in [5, 5.41) is 3.03. The van der Waals surface area contributed by atoms with Crippen LogP contribution >= 0.6 is 0 Å². The molecule has 1 aliphatic rings. The number of ether oxygens (including phenoxy) is 1. The second-order valence-electron chi connectivity index (χ2n) is 7.43. The minimum Gasteiger partial charge on any atom is -0.496 e. The summed E-state index contributed by atoms with van der Waals surface area (Å²) in [5.74, 6) is 0.927.